The van der Waals surface area contributed by atoms with Gasteiger partial charge >= 0.3 is 0 Å². The number of imide groups is 1. The molecular formula is C26H29N5O4. The Hall–Kier alpha value is -3.33. The summed E-state index contributed by atoms with van der Waals surface area (Å²) in [5, 5.41) is 10.6. The van der Waals surface area contributed by atoms with Gasteiger partial charge in [0.15, 0.2) is 0 Å². The van der Waals surface area contributed by atoms with E-state index in [-0.39, 0.29) is 24.3 Å². The molecule has 1 aliphatic carbocycles. The third-order valence-electron chi connectivity index (χ3n) is 7.84. The van der Waals surface area contributed by atoms with Gasteiger partial charge in [0.05, 0.1) is 5.69 Å². The molecular weight excluding hydrogens is 446 g/mol. The van der Waals surface area contributed by atoms with Crippen LogP contribution in [0.15, 0.2) is 36.5 Å². The fourth-order valence-electron chi connectivity index (χ4n) is 5.93. The van der Waals surface area contributed by atoms with Crippen LogP contribution >= 0.6 is 0 Å². The number of hydrogen-bond acceptors (Lipinski definition) is 7. The van der Waals surface area contributed by atoms with Crippen molar-refractivity contribution < 1.29 is 19.1 Å². The Kier molecular flexibility index (Phi) is 5.72. The molecule has 6 rings (SSSR count). The number of carbonyl (C=O) groups is 3. The van der Waals surface area contributed by atoms with E-state index in [1.54, 1.807) is 11.1 Å². The summed E-state index contributed by atoms with van der Waals surface area (Å²) in [5.41, 5.74) is 2.54. The predicted molar refractivity (Wildman–Crippen MR) is 126 cm³/mol. The van der Waals surface area contributed by atoms with Crippen molar-refractivity contribution in [3.63, 3.8) is 0 Å². The first-order valence-corrected chi connectivity index (χ1v) is 12.5. The highest BCUT2D eigenvalue weighted by molar-refractivity contribution is 6.05. The summed E-state index contributed by atoms with van der Waals surface area (Å²) in [7, 11) is 0. The molecule has 3 fully saturated rings. The Morgan fingerprint density at radius 2 is 1.89 bits per heavy atom. The number of likely N-dealkylation sites (tertiary alicyclic amines) is 1. The molecule has 0 spiro atoms. The summed E-state index contributed by atoms with van der Waals surface area (Å²) in [6.07, 6.45) is 6.91. The largest absolute Gasteiger partial charge is 0.489 e. The second-order valence-electron chi connectivity index (χ2n) is 10.0. The smallest absolute Gasteiger partial charge is 0.255 e. The number of carbonyl (C=O) groups excluding carboxylic acids is 3. The Labute approximate surface area is 203 Å². The molecule has 1 saturated carbocycles. The van der Waals surface area contributed by atoms with Crippen molar-refractivity contribution in [2.75, 3.05) is 13.1 Å². The van der Waals surface area contributed by atoms with E-state index < -0.39 is 11.9 Å². The van der Waals surface area contributed by atoms with Gasteiger partial charge in [-0.15, -0.1) is 0 Å². The maximum atomic E-state index is 13.0. The molecule has 1 aromatic heterocycles. The third kappa shape index (κ3) is 4.18. The van der Waals surface area contributed by atoms with E-state index in [1.165, 1.54) is 6.42 Å². The second kappa shape index (κ2) is 9.03. The summed E-state index contributed by atoms with van der Waals surface area (Å²) in [6, 6.07) is 9.38. The summed E-state index contributed by atoms with van der Waals surface area (Å²) >= 11 is 0. The van der Waals surface area contributed by atoms with E-state index in [0.29, 0.717) is 30.5 Å². The van der Waals surface area contributed by atoms with Crippen LogP contribution in [0.1, 0.15) is 66.1 Å². The lowest BCUT2D eigenvalue weighted by atomic mass is 9.86. The zero-order chi connectivity index (χ0) is 23.9. The minimum Gasteiger partial charge on any atom is -0.489 e. The minimum atomic E-state index is -0.603. The van der Waals surface area contributed by atoms with Crippen molar-refractivity contribution in [3.05, 3.63) is 53.3 Å². The minimum absolute atomic E-state index is 0.105. The van der Waals surface area contributed by atoms with Crippen LogP contribution < -0.4 is 10.1 Å². The highest BCUT2D eigenvalue weighted by atomic mass is 16.5. The number of fused-ring (bicyclic) bond motifs is 1. The van der Waals surface area contributed by atoms with E-state index in [9.17, 15) is 14.4 Å². The average Bonchev–Trinajstić information content (AvgIpc) is 3.15. The predicted octanol–water partition coefficient (Wildman–Crippen LogP) is 2.03. The molecule has 0 bridgehead atoms. The van der Waals surface area contributed by atoms with Gasteiger partial charge in [-0.2, -0.15) is 10.2 Å². The van der Waals surface area contributed by atoms with E-state index >= 15 is 0 Å². The Bertz CT molecular complexity index is 1150. The molecule has 9 nitrogen and oxygen atoms in total. The van der Waals surface area contributed by atoms with Crippen LogP contribution in [0.3, 0.4) is 0 Å². The van der Waals surface area contributed by atoms with Crippen molar-refractivity contribution in [2.45, 2.75) is 69.2 Å². The number of benzene rings is 1. The van der Waals surface area contributed by atoms with Crippen LogP contribution in [-0.2, 0) is 16.1 Å². The van der Waals surface area contributed by atoms with Gasteiger partial charge in [-0.1, -0.05) is 6.42 Å². The van der Waals surface area contributed by atoms with Crippen LogP contribution in [0.5, 0.6) is 5.75 Å². The highest BCUT2D eigenvalue weighted by Crippen LogP contribution is 2.36. The number of nitrogens with one attached hydrogen (secondary N) is 1. The van der Waals surface area contributed by atoms with E-state index in [4.69, 9.17) is 4.74 Å². The van der Waals surface area contributed by atoms with Gasteiger partial charge in [-0.25, -0.2) is 0 Å². The molecule has 3 aliphatic heterocycles. The summed E-state index contributed by atoms with van der Waals surface area (Å²) in [4.78, 5) is 40.8. The van der Waals surface area contributed by atoms with E-state index in [1.807, 2.05) is 30.3 Å². The van der Waals surface area contributed by atoms with Crippen LogP contribution in [0.25, 0.3) is 0 Å². The zero-order valence-electron chi connectivity index (χ0n) is 19.6. The number of nitrogens with zero attached hydrogens (tertiary/aromatic N) is 4. The van der Waals surface area contributed by atoms with Crippen molar-refractivity contribution in [2.24, 2.45) is 0 Å². The van der Waals surface area contributed by atoms with Gasteiger partial charge < -0.3 is 9.64 Å². The van der Waals surface area contributed by atoms with Crippen molar-refractivity contribution in [1.82, 2.24) is 25.3 Å². The van der Waals surface area contributed by atoms with Crippen LogP contribution in [0.2, 0.25) is 0 Å². The molecule has 9 heteroatoms. The summed E-state index contributed by atoms with van der Waals surface area (Å²) < 4.78 is 6.52. The number of piperidine rings is 1. The average molecular weight is 476 g/mol. The van der Waals surface area contributed by atoms with Gasteiger partial charge in [-0.05, 0) is 61.6 Å². The zero-order valence-corrected chi connectivity index (χ0v) is 19.6. The maximum absolute atomic E-state index is 13.0. The number of rotatable bonds is 5. The third-order valence-corrected chi connectivity index (χ3v) is 7.84. The van der Waals surface area contributed by atoms with Crippen molar-refractivity contribution in [3.8, 4) is 5.75 Å². The number of ether oxygens (including phenoxy) is 1. The van der Waals surface area contributed by atoms with Gasteiger partial charge in [0.2, 0.25) is 11.8 Å². The fourth-order valence-corrected chi connectivity index (χ4v) is 5.93. The van der Waals surface area contributed by atoms with E-state index in [2.05, 4.69) is 20.4 Å². The highest BCUT2D eigenvalue weighted by Gasteiger charge is 2.41. The molecule has 4 heterocycles. The van der Waals surface area contributed by atoms with Crippen molar-refractivity contribution in [1.29, 1.82) is 0 Å². The normalized spacial score (nSPS) is 27.4. The molecule has 35 heavy (non-hydrogen) atoms. The SMILES string of the molecule is O=C1CCC(N2Cc3cc(O[C@@H]4CCCC[C@H]4N4CC(c5cccnn5)C4)ccc3C2=O)C(=O)N1. The molecule has 4 aliphatic rings. The topological polar surface area (TPSA) is 105 Å². The van der Waals surface area contributed by atoms with Gasteiger partial charge in [0.25, 0.3) is 5.91 Å². The molecule has 3 amide bonds. The molecule has 182 valence electrons. The van der Waals surface area contributed by atoms with Gasteiger partial charge in [-0.3, -0.25) is 24.6 Å². The number of hydrogen-bond donors (Lipinski definition) is 1. The van der Waals surface area contributed by atoms with Crippen molar-refractivity contribution >= 4 is 17.7 Å². The van der Waals surface area contributed by atoms with Crippen LogP contribution in [0, 0.1) is 0 Å². The molecule has 0 radical (unpaired) electrons. The molecule has 1 unspecified atom stereocenters. The molecule has 2 aromatic rings. The quantitative estimate of drug-likeness (QED) is 0.660. The molecule has 1 N–H and O–H groups in total. The van der Waals surface area contributed by atoms with Crippen LogP contribution in [-0.4, -0.2) is 69.0 Å². The summed E-state index contributed by atoms with van der Waals surface area (Å²) in [6.45, 7) is 2.31. The molecule has 3 atom stereocenters. The van der Waals surface area contributed by atoms with Crippen LogP contribution in [0.4, 0.5) is 0 Å². The standard InChI is InChI=1S/C26H29N5O4/c32-24-10-9-22(25(33)28-24)31-15-16-12-18(7-8-19(16)26(31)34)35-23-6-2-1-5-21(23)30-13-17(14-30)20-4-3-11-27-29-20/h3-4,7-8,11-12,17,21-23H,1-2,5-6,9-10,13-15H2,(H,28,32,33)/t21-,22?,23-/m1/s1. The number of amides is 3. The Balaban J connectivity index is 1.12. The first-order chi connectivity index (χ1) is 17.1. The van der Waals surface area contributed by atoms with Gasteiger partial charge in [0, 0.05) is 49.8 Å². The first-order valence-electron chi connectivity index (χ1n) is 12.5. The first kappa shape index (κ1) is 22.2. The monoisotopic (exact) mass is 475 g/mol. The Morgan fingerprint density at radius 3 is 2.69 bits per heavy atom. The number of aromatic nitrogens is 2. The summed E-state index contributed by atoms with van der Waals surface area (Å²) in [5.74, 6) is 0.365. The second-order valence-corrected chi connectivity index (χ2v) is 10.0. The lowest BCUT2D eigenvalue weighted by Crippen LogP contribution is -2.57. The fraction of sp³-hybridized carbons (Fsp3) is 0.500. The van der Waals surface area contributed by atoms with E-state index in [0.717, 1.165) is 49.4 Å². The maximum Gasteiger partial charge on any atom is 0.255 e. The van der Waals surface area contributed by atoms with Gasteiger partial charge in [0.1, 0.15) is 17.9 Å². The molecule has 1 aromatic carbocycles. The Morgan fingerprint density at radius 1 is 1.03 bits per heavy atom. The molecule has 2 saturated heterocycles. The lowest BCUT2D eigenvalue weighted by molar-refractivity contribution is -0.136. The lowest BCUT2D eigenvalue weighted by Gasteiger charge is -2.48.